The second-order valence-electron chi connectivity index (χ2n) is 4.53. The number of nitrogens with one attached hydrogen (secondary N) is 1. The van der Waals surface area contributed by atoms with Crippen LogP contribution < -0.4 is 5.32 Å². The number of hydrogen-bond acceptors (Lipinski definition) is 3. The average molecular weight is 258 g/mol. The number of fused-ring (bicyclic) bond motifs is 1. The van der Waals surface area contributed by atoms with E-state index in [2.05, 4.69) is 34.8 Å². The number of thioether (sulfide) groups is 1. The quantitative estimate of drug-likeness (QED) is 0.839. The molecule has 1 N–H and O–H groups in total. The van der Waals surface area contributed by atoms with Crippen molar-refractivity contribution < 1.29 is 4.79 Å². The maximum Gasteiger partial charge on any atom is 0.242 e. The van der Waals surface area contributed by atoms with E-state index in [1.807, 2.05) is 18.2 Å². The summed E-state index contributed by atoms with van der Waals surface area (Å²) in [5, 5.41) is 5.25. The van der Waals surface area contributed by atoms with Gasteiger partial charge in [0.2, 0.25) is 5.91 Å². The summed E-state index contributed by atoms with van der Waals surface area (Å²) in [5.41, 5.74) is 3.41. The topological polar surface area (TPSA) is 41.5 Å². The van der Waals surface area contributed by atoms with Crippen molar-refractivity contribution in [1.82, 2.24) is 5.32 Å². The molecule has 2 atom stereocenters. The molecule has 2 aliphatic heterocycles. The molecule has 3 rings (SSSR count). The van der Waals surface area contributed by atoms with E-state index in [-0.39, 0.29) is 23.7 Å². The lowest BCUT2D eigenvalue weighted by Gasteiger charge is -2.21. The molecule has 1 aromatic rings. The first-order chi connectivity index (χ1) is 8.75. The molecule has 0 aromatic heterocycles. The van der Waals surface area contributed by atoms with Crippen molar-refractivity contribution in [1.29, 1.82) is 0 Å². The van der Waals surface area contributed by atoms with Crippen LogP contribution in [0, 0.1) is 5.92 Å². The van der Waals surface area contributed by atoms with Gasteiger partial charge in [0.15, 0.2) is 0 Å². The minimum atomic E-state index is 0.00605. The molecule has 2 heterocycles. The Morgan fingerprint density at radius 2 is 2.11 bits per heavy atom. The zero-order chi connectivity index (χ0) is 12.5. The van der Waals surface area contributed by atoms with Gasteiger partial charge < -0.3 is 5.32 Å². The van der Waals surface area contributed by atoms with Crippen LogP contribution in [0.3, 0.4) is 0 Å². The summed E-state index contributed by atoms with van der Waals surface area (Å²) in [6, 6.07) is 10.1. The van der Waals surface area contributed by atoms with E-state index < -0.39 is 0 Å². The van der Waals surface area contributed by atoms with Gasteiger partial charge in [-0.25, -0.2) is 0 Å². The van der Waals surface area contributed by atoms with E-state index in [0.717, 1.165) is 11.3 Å². The second kappa shape index (κ2) is 4.61. The van der Waals surface area contributed by atoms with E-state index in [0.29, 0.717) is 0 Å². The molecule has 0 spiro atoms. The predicted octanol–water partition coefficient (Wildman–Crippen LogP) is 2.20. The van der Waals surface area contributed by atoms with Crippen LogP contribution >= 0.6 is 11.8 Å². The van der Waals surface area contributed by atoms with E-state index in [9.17, 15) is 4.79 Å². The number of amides is 1. The minimum Gasteiger partial charge on any atom is -0.341 e. The Kier molecular flexibility index (Phi) is 2.96. The molecule has 1 aromatic carbocycles. The van der Waals surface area contributed by atoms with Crippen molar-refractivity contribution in [3.63, 3.8) is 0 Å². The van der Waals surface area contributed by atoms with E-state index in [1.165, 1.54) is 5.57 Å². The predicted molar refractivity (Wildman–Crippen MR) is 74.6 cm³/mol. The molecule has 0 radical (unpaired) electrons. The number of carbonyl (C=O) groups is 1. The third-order valence-corrected chi connectivity index (χ3v) is 4.45. The maximum atomic E-state index is 11.7. The Balaban J connectivity index is 2.04. The van der Waals surface area contributed by atoms with Gasteiger partial charge in [0.1, 0.15) is 6.54 Å². The van der Waals surface area contributed by atoms with Crippen molar-refractivity contribution in [2.75, 3.05) is 6.54 Å². The van der Waals surface area contributed by atoms with Gasteiger partial charge in [-0.05, 0) is 17.9 Å². The van der Waals surface area contributed by atoms with Crippen molar-refractivity contribution in [3.8, 4) is 0 Å². The first-order valence-electron chi connectivity index (χ1n) is 5.97. The number of nitrogens with zero attached hydrogens (tertiary/aromatic N) is 1. The largest absolute Gasteiger partial charge is 0.341 e. The third-order valence-electron chi connectivity index (χ3n) is 3.25. The summed E-state index contributed by atoms with van der Waals surface area (Å²) in [6.07, 6.45) is 0. The Labute approximate surface area is 110 Å². The highest BCUT2D eigenvalue weighted by molar-refractivity contribution is 8.03. The highest BCUT2D eigenvalue weighted by Crippen LogP contribution is 2.37. The molecule has 2 aliphatic rings. The Bertz CT molecular complexity index is 536. The monoisotopic (exact) mass is 258 g/mol. The number of rotatable bonds is 1. The van der Waals surface area contributed by atoms with Gasteiger partial charge in [0, 0.05) is 0 Å². The van der Waals surface area contributed by atoms with E-state index in [1.54, 1.807) is 11.8 Å². The maximum absolute atomic E-state index is 11.7. The van der Waals surface area contributed by atoms with Gasteiger partial charge in [-0.2, -0.15) is 0 Å². The molecule has 0 saturated heterocycles. The van der Waals surface area contributed by atoms with Gasteiger partial charge in [0.05, 0.1) is 17.0 Å². The Morgan fingerprint density at radius 1 is 1.33 bits per heavy atom. The number of benzene rings is 1. The van der Waals surface area contributed by atoms with Crippen molar-refractivity contribution in [3.05, 3.63) is 46.9 Å². The molecule has 0 saturated carbocycles. The molecule has 1 amide bonds. The summed E-state index contributed by atoms with van der Waals surface area (Å²) >= 11 is 1.68. The highest BCUT2D eigenvalue weighted by Gasteiger charge is 2.35. The Hall–Kier alpha value is -1.55. The number of hydrogen-bond donors (Lipinski definition) is 1. The van der Waals surface area contributed by atoms with Crippen LogP contribution in [0.25, 0.3) is 0 Å². The van der Waals surface area contributed by atoms with Gasteiger partial charge in [-0.15, -0.1) is 11.8 Å². The second-order valence-corrected chi connectivity index (χ2v) is 5.55. The van der Waals surface area contributed by atoms with Gasteiger partial charge in [0.25, 0.3) is 0 Å². The molecule has 0 aliphatic carbocycles. The SMILES string of the molecule is CC1=CSC2NC(=O)CN=C(c3ccccc3)C12. The van der Waals surface area contributed by atoms with Crippen molar-refractivity contribution in [2.45, 2.75) is 12.3 Å². The number of carbonyl (C=O) groups excluding carboxylic acids is 1. The van der Waals surface area contributed by atoms with Crippen LogP contribution in [-0.4, -0.2) is 23.5 Å². The smallest absolute Gasteiger partial charge is 0.242 e. The summed E-state index contributed by atoms with van der Waals surface area (Å²) in [6.45, 7) is 2.33. The van der Waals surface area contributed by atoms with Crippen LogP contribution in [0.15, 0.2) is 46.3 Å². The lowest BCUT2D eigenvalue weighted by Crippen LogP contribution is -2.37. The molecule has 2 unspecified atom stereocenters. The summed E-state index contributed by atoms with van der Waals surface area (Å²) in [7, 11) is 0. The van der Waals surface area contributed by atoms with Crippen LogP contribution in [-0.2, 0) is 4.79 Å². The van der Waals surface area contributed by atoms with Crippen LogP contribution in [0.5, 0.6) is 0 Å². The standard InChI is InChI=1S/C14H14N2OS/c1-9-8-18-14-12(9)13(15-7-11(17)16-14)10-5-3-2-4-6-10/h2-6,8,12,14H,7H2,1H3,(H,16,17). The Morgan fingerprint density at radius 3 is 2.89 bits per heavy atom. The van der Waals surface area contributed by atoms with Crippen LogP contribution in [0.2, 0.25) is 0 Å². The minimum absolute atomic E-state index is 0.00605. The molecule has 3 nitrogen and oxygen atoms in total. The van der Waals surface area contributed by atoms with Gasteiger partial charge >= 0.3 is 0 Å². The molecule has 18 heavy (non-hydrogen) atoms. The molecular weight excluding hydrogens is 244 g/mol. The van der Waals surface area contributed by atoms with Crippen molar-refractivity contribution in [2.24, 2.45) is 10.9 Å². The molecule has 0 bridgehead atoms. The first kappa shape index (κ1) is 11.5. The summed E-state index contributed by atoms with van der Waals surface area (Å²) in [5.74, 6) is 0.204. The summed E-state index contributed by atoms with van der Waals surface area (Å²) in [4.78, 5) is 16.2. The summed E-state index contributed by atoms with van der Waals surface area (Å²) < 4.78 is 0. The van der Waals surface area contributed by atoms with E-state index in [4.69, 9.17) is 0 Å². The van der Waals surface area contributed by atoms with Gasteiger partial charge in [-0.1, -0.05) is 35.9 Å². The van der Waals surface area contributed by atoms with E-state index >= 15 is 0 Å². The lowest BCUT2D eigenvalue weighted by molar-refractivity contribution is -0.119. The zero-order valence-corrected chi connectivity index (χ0v) is 10.9. The van der Waals surface area contributed by atoms with Crippen LogP contribution in [0.1, 0.15) is 12.5 Å². The molecular formula is C14H14N2OS. The lowest BCUT2D eigenvalue weighted by atomic mass is 9.91. The van der Waals surface area contributed by atoms with Gasteiger partial charge in [-0.3, -0.25) is 9.79 Å². The molecule has 92 valence electrons. The highest BCUT2D eigenvalue weighted by atomic mass is 32.2. The molecule has 4 heteroatoms. The normalized spacial score (nSPS) is 26.8. The molecule has 0 fully saturated rings. The fourth-order valence-corrected chi connectivity index (χ4v) is 3.60. The fourth-order valence-electron chi connectivity index (χ4n) is 2.39. The zero-order valence-electron chi connectivity index (χ0n) is 10.1. The van der Waals surface area contributed by atoms with Crippen molar-refractivity contribution >= 4 is 23.4 Å². The fraction of sp³-hybridized carbons (Fsp3) is 0.286. The number of aliphatic imine (C=N–C) groups is 1. The average Bonchev–Trinajstić information content (AvgIpc) is 2.65. The first-order valence-corrected chi connectivity index (χ1v) is 6.91. The third kappa shape index (κ3) is 1.97. The van der Waals surface area contributed by atoms with Crippen LogP contribution in [0.4, 0.5) is 0 Å².